The number of Topliss-reactive ketones (excluding diaryl/α,β-unsaturated/α-hetero) is 1. The van der Waals surface area contributed by atoms with Crippen LogP contribution in [0.15, 0.2) is 151 Å². The number of fused-ring (bicyclic) bond motifs is 1. The van der Waals surface area contributed by atoms with E-state index in [2.05, 4.69) is 4.98 Å². The van der Waals surface area contributed by atoms with Crippen LogP contribution in [0.5, 0.6) is 0 Å². The average Bonchev–Trinajstić information content (AvgIpc) is 1.64. The molecule has 0 fully saturated rings. The van der Waals surface area contributed by atoms with Crippen molar-refractivity contribution in [3.8, 4) is 10.6 Å². The Hall–Kier alpha value is -9.46. The lowest BCUT2D eigenvalue weighted by Gasteiger charge is -2.25. The molecule has 5 aromatic carbocycles. The molecule has 3 aromatic heterocycles. The van der Waals surface area contributed by atoms with Crippen molar-refractivity contribution in [1.29, 1.82) is 5.41 Å². The first-order valence-corrected chi connectivity index (χ1v) is 37.5. The fraction of sp³-hybridized carbons (Fsp3) is 0.342. The minimum atomic E-state index is -4.61. The number of carboxylic acids is 2. The van der Waals surface area contributed by atoms with E-state index in [1.54, 1.807) is 59.7 Å². The van der Waals surface area contributed by atoms with Crippen LogP contribution in [-0.2, 0) is 85.1 Å². The number of esters is 2. The maximum absolute atomic E-state index is 13.2. The second-order valence-electron chi connectivity index (χ2n) is 26.8. The van der Waals surface area contributed by atoms with E-state index in [0.717, 1.165) is 98.4 Å². The number of nitrogens with zero attached hydrogens (tertiary/aromatic N) is 4. The Kier molecular flexibility index (Phi) is 40.3. The van der Waals surface area contributed by atoms with E-state index < -0.39 is 142 Å². The fourth-order valence-electron chi connectivity index (χ4n) is 8.73. The van der Waals surface area contributed by atoms with Gasteiger partial charge in [-0.1, -0.05) is 69.3 Å². The molecule has 117 heavy (non-hydrogen) atoms. The van der Waals surface area contributed by atoms with Gasteiger partial charge in [0, 0.05) is 40.0 Å². The quantitative estimate of drug-likeness (QED) is 0.0101. The monoisotopic (exact) mass is 1800 g/mol. The van der Waals surface area contributed by atoms with Crippen molar-refractivity contribution >= 4 is 172 Å². The van der Waals surface area contributed by atoms with Crippen molar-refractivity contribution in [3.63, 3.8) is 0 Å². The standard InChI is InChI=1S/C21H15F3N4O2S2.C15H17ClF3NO3.C14H17F3O2.C11H9ClF3NO3.C7H6F3N.C6H11ClO.C2H2Cl2O/c22-21(23,24)11-3-1-4-12(9-11)28(10-16(29)30)19(26)18-17(25)13-6-7-14(27-20(13)32-18)15-5-2-8-31-15;1-14(2,3)23-13(22)9-20(12(21)8-16)11-6-4-5-10(7-11)15(17,18)19;1-13(2,3)19-12(18)8-7-10-5-4-6-11(9-10)14(15,16)17;12-5-9(17)16(6-10(18)19)8-3-1-2-7(4-8)11(13,14)15;8-7(9,10)5-2-1-3-6(11)4-5;1-6(2,3)5(8)4-7;3-1-2(4)5/h1-9,26H,10,25H2,(H,29,30);4-7H,8-9H2,1-3H3;4-6,9H,7-8H2,1-3H3;1-4H,5-6H2,(H,18,19);1-4H,11H2;4H2,1-3H3;1H2. The van der Waals surface area contributed by atoms with E-state index in [9.17, 15) is 109 Å². The van der Waals surface area contributed by atoms with Crippen LogP contribution in [0.4, 0.5) is 94.3 Å². The lowest BCUT2D eigenvalue weighted by molar-refractivity contribution is -0.155. The number of thiophene rings is 2. The molecule has 8 rings (SSSR count). The summed E-state index contributed by atoms with van der Waals surface area (Å²) >= 11 is 28.2. The van der Waals surface area contributed by atoms with Gasteiger partial charge in [-0.2, -0.15) is 65.9 Å². The number of carboxylic acid groups (broad SMARTS) is 2. The average molecular weight is 1810 g/mol. The highest BCUT2D eigenvalue weighted by Crippen LogP contribution is 2.40. The number of carbonyl (C=O) groups is 8. The molecule has 640 valence electrons. The number of ether oxygens (including phenoxy) is 2. The Bertz CT molecular complexity index is 4660. The fourth-order valence-corrected chi connectivity index (χ4v) is 11.2. The van der Waals surface area contributed by atoms with Crippen molar-refractivity contribution in [2.45, 2.75) is 117 Å². The first kappa shape index (κ1) is 104. The summed E-state index contributed by atoms with van der Waals surface area (Å²) in [5.74, 6) is -6.48. The van der Waals surface area contributed by atoms with E-state index in [0.29, 0.717) is 26.7 Å². The molecule has 8 aromatic rings. The van der Waals surface area contributed by atoms with Crippen molar-refractivity contribution in [2.75, 3.05) is 69.3 Å². The molecule has 3 heterocycles. The van der Waals surface area contributed by atoms with Crippen LogP contribution in [-0.4, -0.2) is 122 Å². The van der Waals surface area contributed by atoms with Crippen molar-refractivity contribution in [3.05, 3.63) is 189 Å². The first-order valence-electron chi connectivity index (χ1n) is 33.3. The summed E-state index contributed by atoms with van der Waals surface area (Å²) < 4.78 is 199. The second-order valence-corrected chi connectivity index (χ2v) is 30.2. The molecule has 41 heteroatoms. The number of ketones is 1. The SMILES string of the molecule is CC(C)(C)C(=O)CCl.CC(C)(C)OC(=O)CCc1cccc(C(F)(F)F)c1.CC(C)(C)OC(=O)CN(C(=O)CCl)c1cccc(C(F)(F)F)c1.N=C(c1sc2nc(-c3cccs3)ccc2c1N)N(CC(=O)O)c1cccc(C(F)(F)F)c1.Nc1cccc(C(F)(F)F)c1.O=C(Cl)CCl.O=C(O)CN(C(=O)CCl)c1cccc(C(F)(F)F)c1. The second kappa shape index (κ2) is 45.5. The Morgan fingerprint density at radius 2 is 0.863 bits per heavy atom. The van der Waals surface area contributed by atoms with Crippen LogP contribution in [0.2, 0.25) is 0 Å². The number of rotatable bonds is 18. The number of aromatic nitrogens is 1. The van der Waals surface area contributed by atoms with E-state index in [-0.39, 0.29) is 74.9 Å². The van der Waals surface area contributed by atoms with E-state index >= 15 is 0 Å². The lowest BCUT2D eigenvalue weighted by Crippen LogP contribution is -2.39. The smallest absolute Gasteiger partial charge is 0.416 e. The number of hydrogen-bond donors (Lipinski definition) is 5. The number of alkyl halides is 19. The number of nitrogens with one attached hydrogen (secondary N) is 1. The summed E-state index contributed by atoms with van der Waals surface area (Å²) in [5.41, 5.74) is 6.77. The molecular weight excluding hydrogens is 1730 g/mol. The molecule has 2 amide bonds. The zero-order valence-corrected chi connectivity index (χ0v) is 68.5. The summed E-state index contributed by atoms with van der Waals surface area (Å²) in [5, 5.41) is 28.6. The van der Waals surface area contributed by atoms with E-state index in [4.69, 9.17) is 89.5 Å². The largest absolute Gasteiger partial charge is 0.480 e. The number of benzene rings is 5. The highest BCUT2D eigenvalue weighted by Gasteiger charge is 2.36. The molecule has 19 nitrogen and oxygen atoms in total. The van der Waals surface area contributed by atoms with Gasteiger partial charge in [-0.3, -0.25) is 43.8 Å². The number of amides is 2. The Labute approximate surface area is 694 Å². The number of nitrogens with two attached hydrogens (primary N) is 2. The maximum atomic E-state index is 13.2. The number of aryl methyl sites for hydroxylation is 1. The van der Waals surface area contributed by atoms with Gasteiger partial charge < -0.3 is 45.9 Å². The minimum absolute atomic E-state index is 0.0680. The molecule has 0 saturated heterocycles. The van der Waals surface area contributed by atoms with Crippen molar-refractivity contribution in [1.82, 2.24) is 4.98 Å². The molecule has 0 atom stereocenters. The van der Waals surface area contributed by atoms with Gasteiger partial charge in [0.25, 0.3) is 0 Å². The Balaban J connectivity index is 0.000000491. The Morgan fingerprint density at radius 1 is 0.479 bits per heavy atom. The number of hydrogen-bond acceptors (Lipinski definition) is 16. The molecule has 0 radical (unpaired) electrons. The van der Waals surface area contributed by atoms with Gasteiger partial charge in [-0.25, -0.2) is 4.98 Å². The van der Waals surface area contributed by atoms with E-state index in [1.807, 2.05) is 38.3 Å². The maximum Gasteiger partial charge on any atom is 0.416 e. The third-order valence-electron chi connectivity index (χ3n) is 14.0. The van der Waals surface area contributed by atoms with E-state index in [1.165, 1.54) is 53.8 Å². The predicted octanol–water partition coefficient (Wildman–Crippen LogP) is 20.6. The Morgan fingerprint density at radius 3 is 1.21 bits per heavy atom. The number of carbonyl (C=O) groups excluding carboxylic acids is 6. The number of nitrogen functional groups attached to an aromatic ring is 2. The number of aliphatic carboxylic acids is 2. The van der Waals surface area contributed by atoms with Gasteiger partial charge in [-0.05, 0) is 168 Å². The minimum Gasteiger partial charge on any atom is -0.480 e. The van der Waals surface area contributed by atoms with Gasteiger partial charge in [-0.15, -0.1) is 69.1 Å². The van der Waals surface area contributed by atoms with Crippen LogP contribution in [0.3, 0.4) is 0 Å². The molecule has 0 aliphatic heterocycles. The van der Waals surface area contributed by atoms with Crippen LogP contribution < -0.4 is 26.2 Å². The van der Waals surface area contributed by atoms with Crippen LogP contribution in [0.25, 0.3) is 20.8 Å². The zero-order valence-electron chi connectivity index (χ0n) is 63.1. The van der Waals surface area contributed by atoms with Crippen LogP contribution in [0, 0.1) is 10.8 Å². The molecule has 0 aliphatic rings. The van der Waals surface area contributed by atoms with Crippen molar-refractivity contribution < 1.29 is 124 Å². The lowest BCUT2D eigenvalue weighted by atomic mass is 9.92. The summed E-state index contributed by atoms with van der Waals surface area (Å²) in [6.45, 7) is 13.8. The topological polar surface area (TPSA) is 294 Å². The third-order valence-corrected chi connectivity index (χ3v) is 17.2. The highest BCUT2D eigenvalue weighted by molar-refractivity contribution is 7.21. The van der Waals surface area contributed by atoms with Crippen molar-refractivity contribution in [2.24, 2.45) is 5.41 Å². The predicted molar refractivity (Wildman–Crippen MR) is 421 cm³/mol. The van der Waals surface area contributed by atoms with Gasteiger partial charge >= 0.3 is 54.8 Å². The molecule has 0 aliphatic carbocycles. The summed E-state index contributed by atoms with van der Waals surface area (Å²) in [7, 11) is 0. The summed E-state index contributed by atoms with van der Waals surface area (Å²) in [6.07, 6.45) is -22.1. The molecular formula is C76H77Cl5F15N7O12S2. The molecule has 0 saturated carbocycles. The molecule has 7 N–H and O–H groups in total. The molecule has 0 unspecified atom stereocenters. The van der Waals surface area contributed by atoms with Crippen LogP contribution >= 0.6 is 80.7 Å². The molecule has 0 spiro atoms. The van der Waals surface area contributed by atoms with Gasteiger partial charge in [0.15, 0.2) is 5.78 Å². The summed E-state index contributed by atoms with van der Waals surface area (Å²) in [6, 6.07) is 29.1. The van der Waals surface area contributed by atoms with Gasteiger partial charge in [0.1, 0.15) is 53.3 Å². The van der Waals surface area contributed by atoms with Gasteiger partial charge in [0.2, 0.25) is 17.1 Å². The number of pyridine rings is 1. The summed E-state index contributed by atoms with van der Waals surface area (Å²) in [4.78, 5) is 97.7. The number of halogens is 20. The van der Waals surface area contributed by atoms with Gasteiger partial charge in [0.05, 0.1) is 60.7 Å². The normalized spacial score (nSPS) is 11.5. The number of anilines is 5. The first-order chi connectivity index (χ1) is 53.7. The number of amidine groups is 1. The highest BCUT2D eigenvalue weighted by atomic mass is 35.5. The molecule has 0 bridgehead atoms. The van der Waals surface area contributed by atoms with Crippen LogP contribution in [0.1, 0.15) is 107 Å². The third kappa shape index (κ3) is 37.8. The zero-order chi connectivity index (χ0) is 89.7.